The van der Waals surface area contributed by atoms with Crippen molar-refractivity contribution in [2.75, 3.05) is 13.7 Å². The molecule has 0 saturated heterocycles. The van der Waals surface area contributed by atoms with Gasteiger partial charge in [-0.1, -0.05) is 64.1 Å². The lowest BCUT2D eigenvalue weighted by atomic mass is 10.0. The van der Waals surface area contributed by atoms with Crippen molar-refractivity contribution >= 4 is 22.3 Å². The van der Waals surface area contributed by atoms with E-state index in [1.165, 1.54) is 31.7 Å². The van der Waals surface area contributed by atoms with Crippen LogP contribution in [0.4, 0.5) is 0 Å². The van der Waals surface area contributed by atoms with Crippen molar-refractivity contribution in [3.63, 3.8) is 0 Å². The molecule has 0 spiro atoms. The third kappa shape index (κ3) is 9.76. The molecule has 132 valence electrons. The fourth-order valence-electron chi connectivity index (χ4n) is 1.70. The SMILES string of the molecule is CC.CC.COCC(C(C)=O)C(C)=O.c1cc2ccccc2cc#1. The number of fused-ring (bicyclic) bond motifs is 1. The Morgan fingerprint density at radius 1 is 0.917 bits per heavy atom. The molecule has 2 aromatic carbocycles. The molecule has 0 aliphatic rings. The van der Waals surface area contributed by atoms with Crippen LogP contribution in [0.5, 0.6) is 0 Å². The van der Waals surface area contributed by atoms with Crippen molar-refractivity contribution in [2.24, 2.45) is 5.92 Å². The Labute approximate surface area is 147 Å². The lowest BCUT2D eigenvalue weighted by Gasteiger charge is -2.06. The predicted octanol–water partition coefficient (Wildman–Crippen LogP) is 4.92. The molecule has 0 amide bonds. The van der Waals surface area contributed by atoms with Crippen LogP contribution >= 0.6 is 0 Å². The first-order valence-corrected chi connectivity index (χ1v) is 8.32. The van der Waals surface area contributed by atoms with Crippen molar-refractivity contribution in [2.45, 2.75) is 41.5 Å². The van der Waals surface area contributed by atoms with E-state index >= 15 is 0 Å². The molecule has 0 N–H and O–H groups in total. The van der Waals surface area contributed by atoms with Gasteiger partial charge in [-0.2, -0.15) is 0 Å². The number of benzene rings is 1. The third-order valence-electron chi connectivity index (χ3n) is 2.85. The zero-order chi connectivity index (χ0) is 19.0. The van der Waals surface area contributed by atoms with E-state index in [4.69, 9.17) is 0 Å². The highest BCUT2D eigenvalue weighted by Gasteiger charge is 2.18. The standard InChI is InChI=1S/C10H6.C7H12O3.2C2H6/c1-2-6-10-8-4-3-7-9(10)5-1;1-5(8)7(4-10-3)6(2)9;2*1-2/h1-2,5-8H;7H,4H2,1-3H3;2*1-2H3. The summed E-state index contributed by atoms with van der Waals surface area (Å²) in [6.07, 6.45) is 0. The molecular weight excluding hydrogens is 300 g/mol. The van der Waals surface area contributed by atoms with E-state index in [1.807, 2.05) is 52.0 Å². The van der Waals surface area contributed by atoms with Crippen LogP contribution < -0.4 is 0 Å². The summed E-state index contributed by atoms with van der Waals surface area (Å²) in [5.74, 6) is -0.825. The van der Waals surface area contributed by atoms with Crippen LogP contribution in [0.3, 0.4) is 0 Å². The molecule has 0 aliphatic carbocycles. The molecule has 24 heavy (non-hydrogen) atoms. The summed E-state index contributed by atoms with van der Waals surface area (Å²) < 4.78 is 4.68. The van der Waals surface area contributed by atoms with Crippen LogP contribution in [0.1, 0.15) is 41.5 Å². The monoisotopic (exact) mass is 330 g/mol. The molecule has 0 saturated carbocycles. The number of Topliss-reactive ketones (excluding diaryl/α,β-unsaturated/α-hetero) is 2. The van der Waals surface area contributed by atoms with E-state index in [0.717, 1.165) is 0 Å². The van der Waals surface area contributed by atoms with Crippen molar-refractivity contribution in [3.05, 3.63) is 48.5 Å². The molecule has 0 heterocycles. The highest BCUT2D eigenvalue weighted by Crippen LogP contribution is 2.08. The van der Waals surface area contributed by atoms with E-state index in [0.29, 0.717) is 0 Å². The van der Waals surface area contributed by atoms with Crippen LogP contribution in [0.15, 0.2) is 36.4 Å². The van der Waals surface area contributed by atoms with Gasteiger partial charge in [0.05, 0.1) is 12.5 Å². The van der Waals surface area contributed by atoms with Gasteiger partial charge in [0.25, 0.3) is 0 Å². The zero-order valence-corrected chi connectivity index (χ0v) is 16.0. The summed E-state index contributed by atoms with van der Waals surface area (Å²) in [7, 11) is 1.47. The smallest absolute Gasteiger partial charge is 0.142 e. The van der Waals surface area contributed by atoms with E-state index in [-0.39, 0.29) is 18.2 Å². The number of ether oxygens (including phenoxy) is 1. The first-order valence-electron chi connectivity index (χ1n) is 8.32. The summed E-state index contributed by atoms with van der Waals surface area (Å²) in [5.41, 5.74) is 0. The number of carbonyl (C=O) groups is 2. The van der Waals surface area contributed by atoms with Gasteiger partial charge in [0.15, 0.2) is 0 Å². The Balaban J connectivity index is 0. The van der Waals surface area contributed by atoms with Gasteiger partial charge in [0.2, 0.25) is 0 Å². The summed E-state index contributed by atoms with van der Waals surface area (Å²) in [6.45, 7) is 11.0. The van der Waals surface area contributed by atoms with Crippen LogP contribution in [0, 0.1) is 18.1 Å². The molecule has 3 nitrogen and oxygen atoms in total. The van der Waals surface area contributed by atoms with E-state index in [1.54, 1.807) is 0 Å². The van der Waals surface area contributed by atoms with Crippen LogP contribution in [0.2, 0.25) is 0 Å². The van der Waals surface area contributed by atoms with Gasteiger partial charge in [0.1, 0.15) is 11.6 Å². The maximum absolute atomic E-state index is 10.7. The number of hydrogen-bond donors (Lipinski definition) is 0. The molecule has 2 rings (SSSR count). The number of carbonyl (C=O) groups excluding carboxylic acids is 2. The van der Waals surface area contributed by atoms with Crippen molar-refractivity contribution < 1.29 is 14.3 Å². The maximum atomic E-state index is 10.7. The predicted molar refractivity (Wildman–Crippen MR) is 101 cm³/mol. The number of ketones is 2. The van der Waals surface area contributed by atoms with Crippen LogP contribution in [-0.4, -0.2) is 25.3 Å². The van der Waals surface area contributed by atoms with Gasteiger partial charge in [-0.25, -0.2) is 0 Å². The van der Waals surface area contributed by atoms with E-state index in [2.05, 4.69) is 29.0 Å². The van der Waals surface area contributed by atoms with E-state index < -0.39 is 5.92 Å². The normalized spacial score (nSPS) is 8.50. The maximum Gasteiger partial charge on any atom is 0.142 e. The Kier molecular flexibility index (Phi) is 15.8. The van der Waals surface area contributed by atoms with E-state index in [9.17, 15) is 9.59 Å². The second-order valence-corrected chi connectivity index (χ2v) is 4.44. The minimum absolute atomic E-state index is 0.130. The Bertz CT molecular complexity index is 497. The third-order valence-corrected chi connectivity index (χ3v) is 2.85. The van der Waals surface area contributed by atoms with Crippen LogP contribution in [-0.2, 0) is 14.3 Å². The fraction of sp³-hybridized carbons (Fsp3) is 0.429. The highest BCUT2D eigenvalue weighted by atomic mass is 16.5. The quantitative estimate of drug-likeness (QED) is 0.747. The number of methoxy groups -OCH3 is 1. The van der Waals surface area contributed by atoms with Gasteiger partial charge < -0.3 is 4.74 Å². The number of hydrogen-bond acceptors (Lipinski definition) is 3. The molecule has 0 aromatic heterocycles. The molecule has 0 fully saturated rings. The molecule has 0 unspecified atom stereocenters. The largest absolute Gasteiger partial charge is 0.383 e. The highest BCUT2D eigenvalue weighted by molar-refractivity contribution is 6.00. The van der Waals surface area contributed by atoms with Gasteiger partial charge in [0, 0.05) is 7.11 Å². The summed E-state index contributed by atoms with van der Waals surface area (Å²) in [4.78, 5) is 21.3. The molecular formula is C21H30O3. The fourth-order valence-corrected chi connectivity index (χ4v) is 1.70. The zero-order valence-electron chi connectivity index (χ0n) is 16.0. The van der Waals surface area contributed by atoms with Gasteiger partial charge in [-0.05, 0) is 36.8 Å². The minimum Gasteiger partial charge on any atom is -0.383 e. The Morgan fingerprint density at radius 2 is 1.29 bits per heavy atom. The van der Waals surface area contributed by atoms with Crippen LogP contribution in [0.25, 0.3) is 10.8 Å². The molecule has 0 bridgehead atoms. The molecule has 0 atom stereocenters. The molecule has 3 heteroatoms. The van der Waals surface area contributed by atoms with Gasteiger partial charge >= 0.3 is 0 Å². The first-order chi connectivity index (χ1) is 11.6. The topological polar surface area (TPSA) is 43.4 Å². The second kappa shape index (κ2) is 15.7. The summed E-state index contributed by atoms with van der Waals surface area (Å²) in [6, 6.07) is 17.9. The summed E-state index contributed by atoms with van der Waals surface area (Å²) in [5, 5.41) is 2.45. The lowest BCUT2D eigenvalue weighted by molar-refractivity contribution is -0.132. The van der Waals surface area contributed by atoms with Crippen molar-refractivity contribution in [1.82, 2.24) is 0 Å². The average Bonchev–Trinajstić information content (AvgIpc) is 2.63. The van der Waals surface area contributed by atoms with Gasteiger partial charge in [-0.3, -0.25) is 9.59 Å². The number of rotatable bonds is 4. The molecule has 2 aromatic rings. The average molecular weight is 330 g/mol. The first kappa shape index (κ1) is 24.1. The van der Waals surface area contributed by atoms with Crippen molar-refractivity contribution in [3.8, 4) is 0 Å². The summed E-state index contributed by atoms with van der Waals surface area (Å²) >= 11 is 0. The minimum atomic E-state index is -0.565. The lowest BCUT2D eigenvalue weighted by Crippen LogP contribution is -2.24. The second-order valence-electron chi connectivity index (χ2n) is 4.44. The Hall–Kier alpha value is -2.18. The molecule has 0 radical (unpaired) electrons. The Morgan fingerprint density at radius 3 is 1.54 bits per heavy atom. The van der Waals surface area contributed by atoms with Crippen molar-refractivity contribution in [1.29, 1.82) is 0 Å². The molecule has 0 aliphatic heterocycles. The van der Waals surface area contributed by atoms with Gasteiger partial charge in [-0.15, -0.1) is 0 Å².